The van der Waals surface area contributed by atoms with Gasteiger partial charge in [0.25, 0.3) is 11.6 Å². The monoisotopic (exact) mass is 314 g/mol. The fraction of sp³-hybridized carbons (Fsp3) is 0.235. The molecular weight excluding hydrogens is 296 g/mol. The van der Waals surface area contributed by atoms with E-state index in [1.807, 2.05) is 13.8 Å². The van der Waals surface area contributed by atoms with Crippen molar-refractivity contribution in [2.24, 2.45) is 0 Å². The van der Waals surface area contributed by atoms with Gasteiger partial charge in [-0.25, -0.2) is 0 Å². The summed E-state index contributed by atoms with van der Waals surface area (Å²) in [4.78, 5) is 22.6. The molecule has 0 saturated carbocycles. The van der Waals surface area contributed by atoms with E-state index in [1.54, 1.807) is 37.3 Å². The Morgan fingerprint density at radius 2 is 1.83 bits per heavy atom. The van der Waals surface area contributed by atoms with Crippen LogP contribution >= 0.6 is 0 Å². The van der Waals surface area contributed by atoms with Crippen LogP contribution in [0.1, 0.15) is 29.8 Å². The molecule has 23 heavy (non-hydrogen) atoms. The van der Waals surface area contributed by atoms with Gasteiger partial charge in [-0.05, 0) is 50.6 Å². The van der Waals surface area contributed by atoms with Gasteiger partial charge in [0.15, 0.2) is 0 Å². The van der Waals surface area contributed by atoms with E-state index in [9.17, 15) is 14.9 Å². The molecule has 0 heterocycles. The van der Waals surface area contributed by atoms with Crippen molar-refractivity contribution in [3.63, 3.8) is 0 Å². The molecule has 0 aliphatic carbocycles. The number of rotatable bonds is 5. The Balaban J connectivity index is 2.15. The highest BCUT2D eigenvalue weighted by atomic mass is 16.6. The van der Waals surface area contributed by atoms with Gasteiger partial charge >= 0.3 is 0 Å². The number of nitrogens with zero attached hydrogens (tertiary/aromatic N) is 1. The zero-order valence-electron chi connectivity index (χ0n) is 13.2. The van der Waals surface area contributed by atoms with Gasteiger partial charge in [0.1, 0.15) is 5.75 Å². The summed E-state index contributed by atoms with van der Waals surface area (Å²) in [6.07, 6.45) is 0.0576. The SMILES string of the molecule is Cc1ccc([N+](=O)[O-])cc1NC(=O)c1ccc(OC(C)C)cc1. The molecule has 0 aromatic heterocycles. The number of ether oxygens (including phenoxy) is 1. The summed E-state index contributed by atoms with van der Waals surface area (Å²) < 4.78 is 5.52. The van der Waals surface area contributed by atoms with Gasteiger partial charge in [-0.2, -0.15) is 0 Å². The number of non-ortho nitro benzene ring substituents is 1. The second kappa shape index (κ2) is 6.91. The standard InChI is InChI=1S/C17H18N2O4/c1-11(2)23-15-8-5-13(6-9-15)17(20)18-16-10-14(19(21)22)7-4-12(16)3/h4-11H,1-3H3,(H,18,20). The number of anilines is 1. The smallest absolute Gasteiger partial charge is 0.271 e. The second-order valence-corrected chi connectivity index (χ2v) is 5.40. The first-order valence-corrected chi connectivity index (χ1v) is 7.20. The lowest BCUT2D eigenvalue weighted by molar-refractivity contribution is -0.384. The van der Waals surface area contributed by atoms with Crippen molar-refractivity contribution in [3.8, 4) is 5.75 Å². The molecule has 0 aliphatic heterocycles. The summed E-state index contributed by atoms with van der Waals surface area (Å²) in [6, 6.07) is 11.1. The van der Waals surface area contributed by atoms with E-state index in [0.717, 1.165) is 5.56 Å². The van der Waals surface area contributed by atoms with E-state index in [-0.39, 0.29) is 17.7 Å². The van der Waals surface area contributed by atoms with E-state index >= 15 is 0 Å². The first-order chi connectivity index (χ1) is 10.9. The number of carbonyl (C=O) groups is 1. The Bertz CT molecular complexity index is 724. The van der Waals surface area contributed by atoms with Crippen LogP contribution in [0, 0.1) is 17.0 Å². The Hall–Kier alpha value is -2.89. The van der Waals surface area contributed by atoms with Crippen molar-refractivity contribution in [2.45, 2.75) is 26.9 Å². The van der Waals surface area contributed by atoms with Gasteiger partial charge in [-0.15, -0.1) is 0 Å². The lowest BCUT2D eigenvalue weighted by Crippen LogP contribution is -2.13. The van der Waals surface area contributed by atoms with Crippen molar-refractivity contribution >= 4 is 17.3 Å². The maximum atomic E-state index is 12.3. The molecule has 0 unspecified atom stereocenters. The maximum Gasteiger partial charge on any atom is 0.271 e. The summed E-state index contributed by atoms with van der Waals surface area (Å²) in [7, 11) is 0. The summed E-state index contributed by atoms with van der Waals surface area (Å²) in [5, 5.41) is 13.5. The van der Waals surface area contributed by atoms with Crippen molar-refractivity contribution < 1.29 is 14.5 Å². The number of nitro groups is 1. The normalized spacial score (nSPS) is 10.4. The number of carbonyl (C=O) groups excluding carboxylic acids is 1. The van der Waals surface area contributed by atoms with Crippen molar-refractivity contribution in [3.05, 3.63) is 63.7 Å². The van der Waals surface area contributed by atoms with Crippen molar-refractivity contribution in [2.75, 3.05) is 5.32 Å². The molecule has 0 radical (unpaired) electrons. The summed E-state index contributed by atoms with van der Waals surface area (Å²) >= 11 is 0. The third kappa shape index (κ3) is 4.29. The van der Waals surface area contributed by atoms with Crippen LogP contribution in [0.25, 0.3) is 0 Å². The highest BCUT2D eigenvalue weighted by molar-refractivity contribution is 6.04. The van der Waals surface area contributed by atoms with E-state index < -0.39 is 4.92 Å². The topological polar surface area (TPSA) is 81.5 Å². The number of aryl methyl sites for hydroxylation is 1. The van der Waals surface area contributed by atoms with Gasteiger partial charge in [-0.1, -0.05) is 6.07 Å². The molecule has 0 spiro atoms. The second-order valence-electron chi connectivity index (χ2n) is 5.40. The largest absolute Gasteiger partial charge is 0.491 e. The third-order valence-corrected chi connectivity index (χ3v) is 3.17. The zero-order valence-corrected chi connectivity index (χ0v) is 13.2. The van der Waals surface area contributed by atoms with Crippen LogP contribution in [-0.2, 0) is 0 Å². The van der Waals surface area contributed by atoms with Crippen molar-refractivity contribution in [1.29, 1.82) is 0 Å². The number of amides is 1. The van der Waals surface area contributed by atoms with Gasteiger partial charge in [0, 0.05) is 17.7 Å². The van der Waals surface area contributed by atoms with Crippen LogP contribution in [0.5, 0.6) is 5.75 Å². The van der Waals surface area contributed by atoms with E-state index in [4.69, 9.17) is 4.74 Å². The summed E-state index contributed by atoms with van der Waals surface area (Å²) in [5.41, 5.74) is 1.56. The average Bonchev–Trinajstić information content (AvgIpc) is 2.49. The fourth-order valence-electron chi connectivity index (χ4n) is 2.01. The Morgan fingerprint density at radius 1 is 1.17 bits per heavy atom. The Labute approximate surface area is 134 Å². The molecule has 2 rings (SSSR count). The first-order valence-electron chi connectivity index (χ1n) is 7.20. The number of benzene rings is 2. The minimum atomic E-state index is -0.493. The van der Waals surface area contributed by atoms with E-state index in [0.29, 0.717) is 17.0 Å². The van der Waals surface area contributed by atoms with Gasteiger partial charge in [0.05, 0.1) is 16.7 Å². The zero-order chi connectivity index (χ0) is 17.0. The molecule has 2 aromatic rings. The highest BCUT2D eigenvalue weighted by Gasteiger charge is 2.12. The number of hydrogen-bond acceptors (Lipinski definition) is 4. The minimum absolute atomic E-state index is 0.0576. The van der Waals surface area contributed by atoms with Gasteiger partial charge < -0.3 is 10.1 Å². The maximum absolute atomic E-state index is 12.3. The van der Waals surface area contributed by atoms with Crippen molar-refractivity contribution in [1.82, 2.24) is 0 Å². The van der Waals surface area contributed by atoms with Crippen LogP contribution in [0.3, 0.4) is 0 Å². The average molecular weight is 314 g/mol. The third-order valence-electron chi connectivity index (χ3n) is 3.17. The van der Waals surface area contributed by atoms with Crippen LogP contribution in [0.4, 0.5) is 11.4 Å². The minimum Gasteiger partial charge on any atom is -0.491 e. The molecule has 2 aromatic carbocycles. The molecule has 6 heteroatoms. The lowest BCUT2D eigenvalue weighted by Gasteiger charge is -2.11. The molecule has 6 nitrogen and oxygen atoms in total. The van der Waals surface area contributed by atoms with Gasteiger partial charge in [0.2, 0.25) is 0 Å². The predicted octanol–water partition coefficient (Wildman–Crippen LogP) is 3.94. The Morgan fingerprint density at radius 3 is 2.39 bits per heavy atom. The summed E-state index contributed by atoms with van der Waals surface area (Å²) in [5.74, 6) is 0.354. The van der Waals surface area contributed by atoms with E-state index in [1.165, 1.54) is 12.1 Å². The molecular formula is C17H18N2O4. The van der Waals surface area contributed by atoms with Gasteiger partial charge in [-0.3, -0.25) is 14.9 Å². The van der Waals surface area contributed by atoms with Crippen LogP contribution in [-0.4, -0.2) is 16.9 Å². The molecule has 0 bridgehead atoms. The predicted molar refractivity (Wildman–Crippen MR) is 88.0 cm³/mol. The van der Waals surface area contributed by atoms with Crippen LogP contribution < -0.4 is 10.1 Å². The Kier molecular flexibility index (Phi) is 4.95. The molecule has 1 amide bonds. The highest BCUT2D eigenvalue weighted by Crippen LogP contribution is 2.23. The molecule has 0 aliphatic rings. The molecule has 0 atom stereocenters. The number of nitrogens with one attached hydrogen (secondary N) is 1. The van der Waals surface area contributed by atoms with Crippen LogP contribution in [0.15, 0.2) is 42.5 Å². The molecule has 0 saturated heterocycles. The first kappa shape index (κ1) is 16.5. The molecule has 120 valence electrons. The van der Waals surface area contributed by atoms with Crippen LogP contribution in [0.2, 0.25) is 0 Å². The summed E-state index contributed by atoms with van der Waals surface area (Å²) in [6.45, 7) is 5.62. The fourth-order valence-corrected chi connectivity index (χ4v) is 2.01. The molecule has 1 N–H and O–H groups in total. The molecule has 0 fully saturated rings. The lowest BCUT2D eigenvalue weighted by atomic mass is 10.1. The quantitative estimate of drug-likeness (QED) is 0.669. The number of nitro benzene ring substituents is 1. The number of hydrogen-bond donors (Lipinski definition) is 1. The van der Waals surface area contributed by atoms with E-state index in [2.05, 4.69) is 5.32 Å².